The summed E-state index contributed by atoms with van der Waals surface area (Å²) in [6.45, 7) is 4.32. The number of anilines is 3. The molecule has 1 aliphatic rings. The highest BCUT2D eigenvalue weighted by molar-refractivity contribution is 5.93. The number of aromatic amines is 1. The Hall–Kier alpha value is -4.24. The van der Waals surface area contributed by atoms with Crippen LogP contribution in [-0.2, 0) is 4.79 Å². The van der Waals surface area contributed by atoms with E-state index in [2.05, 4.69) is 30.5 Å². The van der Waals surface area contributed by atoms with Gasteiger partial charge in [0.2, 0.25) is 5.91 Å². The van der Waals surface area contributed by atoms with E-state index in [1.54, 1.807) is 42.9 Å². The Morgan fingerprint density at radius 3 is 2.83 bits per heavy atom. The van der Waals surface area contributed by atoms with Crippen molar-refractivity contribution >= 4 is 23.3 Å². The number of amides is 1. The van der Waals surface area contributed by atoms with Gasteiger partial charge in [-0.25, -0.2) is 4.98 Å². The first kappa shape index (κ1) is 22.5. The highest BCUT2D eigenvalue weighted by atomic mass is 16.4. The summed E-state index contributed by atoms with van der Waals surface area (Å²) in [7, 11) is 0. The molecule has 4 aromatic rings. The molecule has 1 fully saturated rings. The maximum atomic E-state index is 12.4. The maximum Gasteiger partial charge on any atom is 0.299 e. The minimum atomic E-state index is -0.208. The van der Waals surface area contributed by atoms with Gasteiger partial charge in [0.1, 0.15) is 0 Å². The Bertz CT molecular complexity index is 1400. The predicted octanol–water partition coefficient (Wildman–Crippen LogP) is 4.18. The van der Waals surface area contributed by atoms with Gasteiger partial charge >= 0.3 is 0 Å². The van der Waals surface area contributed by atoms with Crippen LogP contribution in [0.1, 0.15) is 18.4 Å². The van der Waals surface area contributed by atoms with Crippen LogP contribution < -0.4 is 16.2 Å². The van der Waals surface area contributed by atoms with Gasteiger partial charge in [-0.3, -0.25) is 19.5 Å². The number of aromatic nitrogens is 3. The van der Waals surface area contributed by atoms with Gasteiger partial charge in [0.15, 0.2) is 5.76 Å². The minimum Gasteiger partial charge on any atom is -0.423 e. The molecule has 9 heteroatoms. The summed E-state index contributed by atoms with van der Waals surface area (Å²) >= 11 is 0. The van der Waals surface area contributed by atoms with Crippen LogP contribution in [0.4, 0.5) is 17.4 Å². The molecule has 0 bridgehead atoms. The lowest BCUT2D eigenvalue weighted by Gasteiger charge is -2.15. The van der Waals surface area contributed by atoms with E-state index < -0.39 is 0 Å². The van der Waals surface area contributed by atoms with Gasteiger partial charge in [0, 0.05) is 29.3 Å². The average Bonchev–Trinajstić information content (AvgIpc) is 3.54. The number of H-pyrrole nitrogens is 1. The quantitative estimate of drug-likeness (QED) is 0.371. The third kappa shape index (κ3) is 5.30. The van der Waals surface area contributed by atoms with Crippen LogP contribution >= 0.6 is 0 Å². The molecule has 1 aromatic carbocycles. The Kier molecular flexibility index (Phi) is 6.40. The Morgan fingerprint density at radius 1 is 1.14 bits per heavy atom. The minimum absolute atomic E-state index is 0.0224. The van der Waals surface area contributed by atoms with Crippen molar-refractivity contribution in [1.82, 2.24) is 19.9 Å². The highest BCUT2D eigenvalue weighted by Gasteiger charge is 2.16. The van der Waals surface area contributed by atoms with Crippen molar-refractivity contribution in [3.63, 3.8) is 0 Å². The number of oxazole rings is 1. The second kappa shape index (κ2) is 9.94. The number of hydrogen-bond acceptors (Lipinski definition) is 7. The van der Waals surface area contributed by atoms with Crippen molar-refractivity contribution in [3.8, 4) is 22.6 Å². The number of hydrogen-bond donors (Lipinski definition) is 3. The SMILES string of the molecule is Cc1ccc(NC(=O)CN2CCCC2)cc1Nc1ncc(-c2ccnc(-c3ccc[nH]c3=O)c2)o1. The molecule has 0 unspecified atom stereocenters. The van der Waals surface area contributed by atoms with E-state index in [4.69, 9.17) is 4.42 Å². The van der Waals surface area contributed by atoms with Gasteiger partial charge in [-0.2, -0.15) is 0 Å². The largest absolute Gasteiger partial charge is 0.423 e. The van der Waals surface area contributed by atoms with Gasteiger partial charge in [0.05, 0.1) is 24.0 Å². The lowest BCUT2D eigenvalue weighted by Crippen LogP contribution is -2.30. The third-order valence-electron chi connectivity index (χ3n) is 5.97. The molecule has 35 heavy (non-hydrogen) atoms. The summed E-state index contributed by atoms with van der Waals surface area (Å²) in [5.41, 5.74) is 4.04. The van der Waals surface area contributed by atoms with Crippen molar-refractivity contribution in [2.45, 2.75) is 19.8 Å². The summed E-state index contributed by atoms with van der Waals surface area (Å²) in [5.74, 6) is 0.516. The lowest BCUT2D eigenvalue weighted by molar-refractivity contribution is -0.117. The molecule has 0 spiro atoms. The van der Waals surface area contributed by atoms with Gasteiger partial charge in [-0.1, -0.05) is 6.07 Å². The molecule has 0 atom stereocenters. The van der Waals surface area contributed by atoms with Crippen LogP contribution in [0.15, 0.2) is 70.3 Å². The molecule has 1 amide bonds. The molecule has 0 radical (unpaired) electrons. The van der Waals surface area contributed by atoms with Crippen molar-refractivity contribution in [1.29, 1.82) is 0 Å². The van der Waals surface area contributed by atoms with E-state index in [1.807, 2.05) is 25.1 Å². The number of nitrogens with zero attached hydrogens (tertiary/aromatic N) is 3. The maximum absolute atomic E-state index is 12.4. The van der Waals surface area contributed by atoms with Crippen LogP contribution in [-0.4, -0.2) is 45.4 Å². The van der Waals surface area contributed by atoms with E-state index in [-0.39, 0.29) is 11.5 Å². The predicted molar refractivity (Wildman–Crippen MR) is 135 cm³/mol. The summed E-state index contributed by atoms with van der Waals surface area (Å²) in [4.78, 5) is 38.0. The number of carbonyl (C=O) groups is 1. The number of rotatable bonds is 7. The summed E-state index contributed by atoms with van der Waals surface area (Å²) in [6.07, 6.45) is 7.13. The fourth-order valence-corrected chi connectivity index (χ4v) is 4.11. The van der Waals surface area contributed by atoms with E-state index in [1.165, 1.54) is 0 Å². The Morgan fingerprint density at radius 2 is 2.00 bits per heavy atom. The summed E-state index contributed by atoms with van der Waals surface area (Å²) in [5, 5.41) is 6.17. The standard InChI is InChI=1S/C26H26N6O3/c1-17-6-7-19(30-24(33)16-32-11-2-3-12-32)14-21(17)31-26-29-15-23(35-26)18-8-10-27-22(13-18)20-5-4-9-28-25(20)34/h4-10,13-15H,2-3,11-12,16H2,1H3,(H,28,34)(H,29,31)(H,30,33). The molecule has 0 saturated carbocycles. The summed E-state index contributed by atoms with van der Waals surface area (Å²) in [6, 6.07) is 13.1. The van der Waals surface area contributed by atoms with Crippen LogP contribution in [0.5, 0.6) is 0 Å². The van der Waals surface area contributed by atoms with E-state index in [0.717, 1.165) is 42.7 Å². The zero-order valence-electron chi connectivity index (χ0n) is 19.4. The molecule has 9 nitrogen and oxygen atoms in total. The fourth-order valence-electron chi connectivity index (χ4n) is 4.11. The van der Waals surface area contributed by atoms with E-state index in [9.17, 15) is 9.59 Å². The van der Waals surface area contributed by atoms with Crippen molar-refractivity contribution in [3.05, 3.63) is 77.0 Å². The molecule has 5 rings (SSSR count). The smallest absolute Gasteiger partial charge is 0.299 e. The van der Waals surface area contributed by atoms with Crippen molar-refractivity contribution in [2.24, 2.45) is 0 Å². The molecule has 3 N–H and O–H groups in total. The number of pyridine rings is 2. The van der Waals surface area contributed by atoms with Gasteiger partial charge < -0.3 is 20.0 Å². The Labute approximate surface area is 202 Å². The second-order valence-electron chi connectivity index (χ2n) is 8.56. The lowest BCUT2D eigenvalue weighted by atomic mass is 10.1. The number of benzene rings is 1. The normalized spacial score (nSPS) is 13.6. The topological polar surface area (TPSA) is 116 Å². The Balaban J connectivity index is 1.30. The van der Waals surface area contributed by atoms with Crippen LogP contribution in [0.2, 0.25) is 0 Å². The number of aryl methyl sites for hydroxylation is 1. The first-order chi connectivity index (χ1) is 17.0. The van der Waals surface area contributed by atoms with Crippen LogP contribution in [0.3, 0.4) is 0 Å². The number of likely N-dealkylation sites (tertiary alicyclic amines) is 1. The zero-order chi connectivity index (χ0) is 24.2. The first-order valence-electron chi connectivity index (χ1n) is 11.6. The van der Waals surface area contributed by atoms with Crippen molar-refractivity contribution in [2.75, 3.05) is 30.3 Å². The molecular weight excluding hydrogens is 444 g/mol. The fraction of sp³-hybridized carbons (Fsp3) is 0.231. The van der Waals surface area contributed by atoms with Crippen molar-refractivity contribution < 1.29 is 9.21 Å². The molecule has 0 aliphatic carbocycles. The van der Waals surface area contributed by atoms with E-state index >= 15 is 0 Å². The van der Waals surface area contributed by atoms with Crippen LogP contribution in [0, 0.1) is 6.92 Å². The molecule has 4 heterocycles. The monoisotopic (exact) mass is 470 g/mol. The van der Waals surface area contributed by atoms with E-state index in [0.29, 0.717) is 35.3 Å². The number of nitrogens with one attached hydrogen (secondary N) is 3. The molecule has 3 aromatic heterocycles. The zero-order valence-corrected chi connectivity index (χ0v) is 19.4. The molecule has 1 aliphatic heterocycles. The number of carbonyl (C=O) groups excluding carboxylic acids is 1. The van der Waals surface area contributed by atoms with Gasteiger partial charge in [-0.15, -0.1) is 0 Å². The third-order valence-corrected chi connectivity index (χ3v) is 5.97. The van der Waals surface area contributed by atoms with Crippen LogP contribution in [0.25, 0.3) is 22.6 Å². The van der Waals surface area contributed by atoms with Gasteiger partial charge in [0.25, 0.3) is 11.6 Å². The average molecular weight is 471 g/mol. The summed E-state index contributed by atoms with van der Waals surface area (Å²) < 4.78 is 5.93. The second-order valence-corrected chi connectivity index (χ2v) is 8.56. The molecular formula is C26H26N6O3. The molecule has 1 saturated heterocycles. The molecule has 178 valence electrons. The van der Waals surface area contributed by atoms with Gasteiger partial charge in [-0.05, 0) is 74.8 Å². The first-order valence-corrected chi connectivity index (χ1v) is 11.6. The highest BCUT2D eigenvalue weighted by Crippen LogP contribution is 2.28.